The highest BCUT2D eigenvalue weighted by Crippen LogP contribution is 2.24. The average molecular weight is 587 g/mol. The van der Waals surface area contributed by atoms with Crippen LogP contribution in [-0.4, -0.2) is 41.2 Å². The van der Waals surface area contributed by atoms with E-state index in [1.807, 2.05) is 0 Å². The van der Waals surface area contributed by atoms with Crippen LogP contribution in [0.1, 0.15) is 22.9 Å². The predicted molar refractivity (Wildman–Crippen MR) is 151 cm³/mol. The Labute approximate surface area is 241 Å². The number of aromatic nitrogens is 6. The molecule has 2 aromatic heterocycles. The van der Waals surface area contributed by atoms with Crippen molar-refractivity contribution in [2.45, 2.75) is 12.5 Å². The number of hydrogen-bond acceptors (Lipinski definition) is 8. The number of H-pyrrole nitrogens is 1. The van der Waals surface area contributed by atoms with E-state index in [0.717, 1.165) is 0 Å². The van der Waals surface area contributed by atoms with Crippen LogP contribution >= 0.6 is 11.6 Å². The zero-order valence-corrected chi connectivity index (χ0v) is 22.3. The molecule has 0 aliphatic rings. The highest BCUT2D eigenvalue weighted by Gasteiger charge is 2.19. The molecule has 2 N–H and O–H groups in total. The molecule has 1 amide bonds. The molecule has 5 rings (SSSR count). The van der Waals surface area contributed by atoms with E-state index in [1.54, 1.807) is 36.4 Å². The molecular weight excluding hydrogens is 567 g/mol. The number of halogens is 2. The van der Waals surface area contributed by atoms with E-state index in [-0.39, 0.29) is 17.7 Å². The molecule has 3 aromatic carbocycles. The van der Waals surface area contributed by atoms with Crippen molar-refractivity contribution in [2.75, 3.05) is 0 Å². The number of nitro benzene ring substituents is 1. The van der Waals surface area contributed by atoms with Gasteiger partial charge in [0.1, 0.15) is 12.1 Å². The summed E-state index contributed by atoms with van der Waals surface area (Å²) in [6, 6.07) is 17.0. The first-order valence-electron chi connectivity index (χ1n) is 12.4. The molecule has 0 bridgehead atoms. The van der Waals surface area contributed by atoms with Gasteiger partial charge in [-0.2, -0.15) is 9.78 Å². The van der Waals surface area contributed by atoms with E-state index in [2.05, 4.69) is 31.0 Å². The van der Waals surface area contributed by atoms with E-state index in [0.29, 0.717) is 33.1 Å². The van der Waals surface area contributed by atoms with Crippen LogP contribution in [0.5, 0.6) is 0 Å². The second-order valence-electron chi connectivity index (χ2n) is 9.02. The Balaban J connectivity index is 1.45. The Hall–Kier alpha value is -5.56. The minimum atomic E-state index is -0.750. The molecule has 0 aliphatic heterocycles. The molecule has 0 aliphatic carbocycles. The minimum absolute atomic E-state index is 0.124. The molecule has 210 valence electrons. The summed E-state index contributed by atoms with van der Waals surface area (Å²) in [7, 11) is 0. The molecule has 0 radical (unpaired) electrons. The summed E-state index contributed by atoms with van der Waals surface area (Å²) in [5.74, 6) is -0.903. The lowest BCUT2D eigenvalue weighted by atomic mass is 10.00. The Bertz CT molecular complexity index is 1820. The summed E-state index contributed by atoms with van der Waals surface area (Å²) < 4.78 is 15.0. The van der Waals surface area contributed by atoms with Gasteiger partial charge in [0, 0.05) is 28.8 Å². The average Bonchev–Trinajstić information content (AvgIpc) is 3.52. The third kappa shape index (κ3) is 6.59. The second-order valence-corrected chi connectivity index (χ2v) is 9.46. The number of rotatable bonds is 9. The predicted octanol–water partition coefficient (Wildman–Crippen LogP) is 4.23. The SMILES string of the molecule is O=C(C=Cc1cc(Cl)ccc1-n1cnnn1)NC(Cc1ccc(F)cc1)c1cc(-c2ccc([N+](=O)[O-])cc2)c(=O)[nH]n1. The van der Waals surface area contributed by atoms with Gasteiger partial charge in [0.05, 0.1) is 27.9 Å². The first-order chi connectivity index (χ1) is 20.3. The molecule has 0 fully saturated rings. The Morgan fingerprint density at radius 2 is 1.88 bits per heavy atom. The number of amides is 1. The van der Waals surface area contributed by atoms with Crippen molar-refractivity contribution in [1.82, 2.24) is 35.7 Å². The van der Waals surface area contributed by atoms with E-state index in [4.69, 9.17) is 11.6 Å². The van der Waals surface area contributed by atoms with E-state index < -0.39 is 28.2 Å². The number of aromatic amines is 1. The lowest BCUT2D eigenvalue weighted by Crippen LogP contribution is -2.30. The molecule has 12 nitrogen and oxygen atoms in total. The lowest BCUT2D eigenvalue weighted by Gasteiger charge is -2.18. The van der Waals surface area contributed by atoms with Crippen LogP contribution in [0.3, 0.4) is 0 Å². The van der Waals surface area contributed by atoms with Crippen LogP contribution in [0.15, 0.2) is 90.0 Å². The van der Waals surface area contributed by atoms with Gasteiger partial charge >= 0.3 is 0 Å². The van der Waals surface area contributed by atoms with Gasteiger partial charge < -0.3 is 5.32 Å². The fraction of sp³-hybridized carbons (Fsp3) is 0.0714. The van der Waals surface area contributed by atoms with Crippen molar-refractivity contribution in [1.29, 1.82) is 0 Å². The molecule has 14 heteroatoms. The summed E-state index contributed by atoms with van der Waals surface area (Å²) in [5.41, 5.74) is 2.16. The maximum atomic E-state index is 13.5. The molecular formula is C28H20ClFN8O4. The normalized spacial score (nSPS) is 11.9. The highest BCUT2D eigenvalue weighted by molar-refractivity contribution is 6.30. The number of carbonyl (C=O) groups excluding carboxylic acids is 1. The lowest BCUT2D eigenvalue weighted by molar-refractivity contribution is -0.384. The van der Waals surface area contributed by atoms with Gasteiger partial charge in [0.2, 0.25) is 5.91 Å². The largest absolute Gasteiger partial charge is 0.344 e. The van der Waals surface area contributed by atoms with Gasteiger partial charge in [-0.05, 0) is 82.6 Å². The van der Waals surface area contributed by atoms with Crippen LogP contribution in [0.25, 0.3) is 22.9 Å². The summed E-state index contributed by atoms with van der Waals surface area (Å²) in [6.07, 6.45) is 4.48. The number of nitro groups is 1. The fourth-order valence-corrected chi connectivity index (χ4v) is 4.37. The van der Waals surface area contributed by atoms with Crippen molar-refractivity contribution in [3.8, 4) is 16.8 Å². The summed E-state index contributed by atoms with van der Waals surface area (Å²) >= 11 is 6.17. The number of nitrogens with one attached hydrogen (secondary N) is 2. The summed E-state index contributed by atoms with van der Waals surface area (Å²) in [4.78, 5) is 36.3. The molecule has 0 saturated carbocycles. The zero-order valence-electron chi connectivity index (χ0n) is 21.5. The van der Waals surface area contributed by atoms with Gasteiger partial charge in [0.25, 0.3) is 11.2 Å². The molecule has 2 heterocycles. The van der Waals surface area contributed by atoms with E-state index >= 15 is 0 Å². The number of non-ortho nitro benzene ring substituents is 1. The number of carbonyl (C=O) groups is 1. The van der Waals surface area contributed by atoms with Crippen LogP contribution < -0.4 is 10.9 Å². The third-order valence-corrected chi connectivity index (χ3v) is 6.47. The number of tetrazole rings is 1. The van der Waals surface area contributed by atoms with Crippen molar-refractivity contribution >= 4 is 29.3 Å². The van der Waals surface area contributed by atoms with Crippen LogP contribution in [0.2, 0.25) is 5.02 Å². The van der Waals surface area contributed by atoms with Crippen LogP contribution in [-0.2, 0) is 11.2 Å². The molecule has 5 aromatic rings. The van der Waals surface area contributed by atoms with Gasteiger partial charge in [-0.25, -0.2) is 9.49 Å². The zero-order chi connectivity index (χ0) is 29.6. The molecule has 0 saturated heterocycles. The maximum absolute atomic E-state index is 13.5. The number of benzene rings is 3. The standard InChI is InChI=1S/C28H20ClFN8O4/c29-20-6-11-26(37-16-31-35-36-37)19(14-20)5-12-27(39)32-24(13-17-1-7-21(30)8-2-17)25-15-23(28(40)34-33-25)18-3-9-22(10-4-18)38(41)42/h1-12,14-16,24H,13H2,(H,32,39)(H,34,40). The van der Waals surface area contributed by atoms with Crippen LogP contribution in [0, 0.1) is 15.9 Å². The third-order valence-electron chi connectivity index (χ3n) is 6.24. The monoisotopic (exact) mass is 586 g/mol. The van der Waals surface area contributed by atoms with Gasteiger partial charge in [-0.1, -0.05) is 23.7 Å². The van der Waals surface area contributed by atoms with Crippen molar-refractivity contribution < 1.29 is 14.1 Å². The Kier molecular flexibility index (Phi) is 8.20. The first-order valence-corrected chi connectivity index (χ1v) is 12.7. The number of hydrogen-bond donors (Lipinski definition) is 2. The Morgan fingerprint density at radius 3 is 2.57 bits per heavy atom. The molecule has 42 heavy (non-hydrogen) atoms. The highest BCUT2D eigenvalue weighted by atomic mass is 35.5. The minimum Gasteiger partial charge on any atom is -0.344 e. The molecule has 0 spiro atoms. The quantitative estimate of drug-likeness (QED) is 0.147. The van der Waals surface area contributed by atoms with E-state index in [1.165, 1.54) is 59.5 Å². The summed E-state index contributed by atoms with van der Waals surface area (Å²) in [6.45, 7) is 0. The smallest absolute Gasteiger partial charge is 0.272 e. The van der Waals surface area contributed by atoms with Crippen molar-refractivity contribution in [3.05, 3.63) is 133 Å². The first kappa shape index (κ1) is 28.0. The van der Waals surface area contributed by atoms with E-state index in [9.17, 15) is 24.1 Å². The fourth-order valence-electron chi connectivity index (χ4n) is 4.19. The summed E-state index contributed by atoms with van der Waals surface area (Å²) in [5, 5.41) is 32.1. The van der Waals surface area contributed by atoms with Crippen LogP contribution in [0.4, 0.5) is 10.1 Å². The van der Waals surface area contributed by atoms with Gasteiger partial charge in [-0.3, -0.25) is 19.7 Å². The second kappa shape index (κ2) is 12.3. The van der Waals surface area contributed by atoms with Crippen molar-refractivity contribution in [2.24, 2.45) is 0 Å². The van der Waals surface area contributed by atoms with Gasteiger partial charge in [0.15, 0.2) is 0 Å². The number of nitrogens with zero attached hydrogens (tertiary/aromatic N) is 6. The maximum Gasteiger partial charge on any atom is 0.272 e. The Morgan fingerprint density at radius 1 is 1.12 bits per heavy atom. The molecule has 1 atom stereocenters. The topological polar surface area (TPSA) is 162 Å². The van der Waals surface area contributed by atoms with Crippen molar-refractivity contribution in [3.63, 3.8) is 0 Å². The molecule has 1 unspecified atom stereocenters. The van der Waals surface area contributed by atoms with Gasteiger partial charge in [-0.15, -0.1) is 5.10 Å².